The summed E-state index contributed by atoms with van der Waals surface area (Å²) in [7, 11) is 0. The minimum atomic E-state index is -0.0931. The number of carbonyl (C=O) groups is 1. The number of oxazole rings is 1. The Kier molecular flexibility index (Phi) is 12.7. The van der Waals surface area contributed by atoms with Crippen LogP contribution in [0.1, 0.15) is 64.8 Å². The van der Waals surface area contributed by atoms with Gasteiger partial charge in [-0.25, -0.2) is 4.98 Å². The summed E-state index contributed by atoms with van der Waals surface area (Å²) in [6.45, 7) is 10.8. The van der Waals surface area contributed by atoms with Gasteiger partial charge in [-0.2, -0.15) is 0 Å². The second-order valence-corrected chi connectivity index (χ2v) is 8.23. The zero-order chi connectivity index (χ0) is 25.5. The van der Waals surface area contributed by atoms with Gasteiger partial charge in [-0.1, -0.05) is 63.6 Å². The lowest BCUT2D eigenvalue weighted by molar-refractivity contribution is -0.149. The van der Waals surface area contributed by atoms with Crippen LogP contribution in [0.2, 0.25) is 0 Å². The molecule has 190 valence electrons. The first kappa shape index (κ1) is 28.2. The number of aromatic nitrogens is 1. The topological polar surface area (TPSA) is 61.6 Å². The minimum absolute atomic E-state index is 0.0875. The Morgan fingerprint density at radius 1 is 1.20 bits per heavy atom. The smallest absolute Gasteiger partial charge is 0.309 e. The number of hydrogen-bond donors (Lipinski definition) is 0. The molecule has 0 aliphatic heterocycles. The van der Waals surface area contributed by atoms with Gasteiger partial charge in [0.1, 0.15) is 11.5 Å². The Morgan fingerprint density at radius 2 is 1.97 bits per heavy atom. The van der Waals surface area contributed by atoms with Crippen LogP contribution in [0.4, 0.5) is 0 Å². The molecule has 5 nitrogen and oxygen atoms in total. The fourth-order valence-corrected chi connectivity index (χ4v) is 4.06. The fourth-order valence-electron chi connectivity index (χ4n) is 4.06. The van der Waals surface area contributed by atoms with E-state index in [1.807, 2.05) is 76.3 Å². The predicted octanol–water partition coefficient (Wildman–Crippen LogP) is 7.62. The summed E-state index contributed by atoms with van der Waals surface area (Å²) >= 11 is 0. The van der Waals surface area contributed by atoms with Crippen molar-refractivity contribution in [1.82, 2.24) is 4.98 Å². The van der Waals surface area contributed by atoms with Crippen LogP contribution in [0, 0.1) is 18.8 Å². The normalized spacial score (nSPS) is 19.5. The van der Waals surface area contributed by atoms with Crippen molar-refractivity contribution in [2.45, 2.75) is 66.7 Å². The maximum absolute atomic E-state index is 12.4. The molecular weight excluding hydrogens is 438 g/mol. The molecule has 3 rings (SSSR count). The molecule has 0 saturated heterocycles. The van der Waals surface area contributed by atoms with Gasteiger partial charge in [0, 0.05) is 12.0 Å². The molecule has 0 fully saturated rings. The molecule has 0 amide bonds. The van der Waals surface area contributed by atoms with Gasteiger partial charge in [-0.3, -0.25) is 4.79 Å². The van der Waals surface area contributed by atoms with Gasteiger partial charge >= 0.3 is 5.97 Å². The second-order valence-electron chi connectivity index (χ2n) is 8.23. The molecule has 1 aromatic carbocycles. The third-order valence-corrected chi connectivity index (χ3v) is 5.79. The zero-order valence-electron chi connectivity index (χ0n) is 22.0. The quantitative estimate of drug-likeness (QED) is 0.328. The van der Waals surface area contributed by atoms with E-state index in [2.05, 4.69) is 24.1 Å². The van der Waals surface area contributed by atoms with Gasteiger partial charge in [0.25, 0.3) is 0 Å². The third-order valence-electron chi connectivity index (χ3n) is 5.79. The lowest BCUT2D eigenvalue weighted by Gasteiger charge is -2.22. The van der Waals surface area contributed by atoms with Crippen LogP contribution >= 0.6 is 0 Å². The number of rotatable bonds is 10. The maximum atomic E-state index is 12.4. The maximum Gasteiger partial charge on any atom is 0.309 e. The number of aryl methyl sites for hydroxylation is 1. The van der Waals surface area contributed by atoms with Crippen molar-refractivity contribution in [2.75, 3.05) is 13.2 Å². The van der Waals surface area contributed by atoms with Crippen LogP contribution in [0.15, 0.2) is 70.9 Å². The van der Waals surface area contributed by atoms with Crippen LogP contribution in [0.25, 0.3) is 11.5 Å². The number of esters is 1. The minimum Gasteiger partial charge on any atom is -0.493 e. The number of carbonyl (C=O) groups excluding carboxylic acids is 1. The van der Waals surface area contributed by atoms with Crippen LogP contribution < -0.4 is 0 Å². The molecule has 1 heterocycles. The Balaban J connectivity index is 0.00000210. The van der Waals surface area contributed by atoms with E-state index >= 15 is 0 Å². The highest BCUT2D eigenvalue weighted by Crippen LogP contribution is 2.27. The monoisotopic (exact) mass is 479 g/mol. The van der Waals surface area contributed by atoms with E-state index in [-0.39, 0.29) is 17.8 Å². The SMILES string of the molecule is CC.CCCC(C(=O)OCC)C1/C=C/C=C(OCCc2nc(-c3ccccc3)oc2C)\C=C\CC1. The molecule has 0 radical (unpaired) electrons. The first-order valence-electron chi connectivity index (χ1n) is 13.0. The van der Waals surface area contributed by atoms with E-state index < -0.39 is 0 Å². The van der Waals surface area contributed by atoms with Crippen LogP contribution in [0.5, 0.6) is 0 Å². The van der Waals surface area contributed by atoms with Gasteiger partial charge < -0.3 is 13.9 Å². The molecule has 1 aliphatic rings. The Morgan fingerprint density at radius 3 is 2.69 bits per heavy atom. The molecular formula is C30H41NO4. The Labute approximate surface area is 210 Å². The van der Waals surface area contributed by atoms with Gasteiger partial charge in [0.15, 0.2) is 0 Å². The summed E-state index contributed by atoms with van der Waals surface area (Å²) in [5.74, 6) is 2.25. The van der Waals surface area contributed by atoms with Crippen molar-refractivity contribution in [3.63, 3.8) is 0 Å². The summed E-state index contributed by atoms with van der Waals surface area (Å²) in [5.41, 5.74) is 1.88. The fraction of sp³-hybridized carbons (Fsp3) is 0.467. The molecule has 2 unspecified atom stereocenters. The lowest BCUT2D eigenvalue weighted by atomic mass is 9.85. The predicted molar refractivity (Wildman–Crippen MR) is 142 cm³/mol. The van der Waals surface area contributed by atoms with Crippen molar-refractivity contribution in [2.24, 2.45) is 11.8 Å². The molecule has 2 aromatic rings. The number of ether oxygens (including phenoxy) is 2. The van der Waals surface area contributed by atoms with E-state index in [4.69, 9.17) is 13.9 Å². The lowest BCUT2D eigenvalue weighted by Crippen LogP contribution is -2.25. The summed E-state index contributed by atoms with van der Waals surface area (Å²) in [4.78, 5) is 17.1. The second kappa shape index (κ2) is 15.8. The van der Waals surface area contributed by atoms with Crippen molar-refractivity contribution >= 4 is 5.97 Å². The van der Waals surface area contributed by atoms with Gasteiger partial charge in [-0.05, 0) is 63.3 Å². The van der Waals surface area contributed by atoms with E-state index in [0.29, 0.717) is 25.5 Å². The summed E-state index contributed by atoms with van der Waals surface area (Å²) in [6, 6.07) is 9.91. The molecule has 0 bridgehead atoms. The van der Waals surface area contributed by atoms with E-state index in [1.165, 1.54) is 0 Å². The van der Waals surface area contributed by atoms with Crippen LogP contribution in [-0.2, 0) is 20.7 Å². The average Bonchev–Trinajstić information content (AvgIpc) is 3.30. The highest BCUT2D eigenvalue weighted by Gasteiger charge is 2.26. The van der Waals surface area contributed by atoms with Crippen LogP contribution in [-0.4, -0.2) is 24.2 Å². The molecule has 0 saturated carbocycles. The van der Waals surface area contributed by atoms with Crippen molar-refractivity contribution in [1.29, 1.82) is 0 Å². The van der Waals surface area contributed by atoms with E-state index in [1.54, 1.807) is 0 Å². The first-order valence-corrected chi connectivity index (χ1v) is 13.0. The number of hydrogen-bond acceptors (Lipinski definition) is 5. The van der Waals surface area contributed by atoms with Crippen molar-refractivity contribution in [3.05, 3.63) is 77.9 Å². The standard InChI is InChI=1S/C28H35NO4.C2H6/c1-4-12-25(28(30)31-5-2)22-13-9-10-17-24(18-11-16-22)32-20-19-26-21(3)33-27(29-26)23-14-7-6-8-15-23;1-2/h6-8,10-11,14-18,22,25H,4-5,9,12-13,19-20H2,1-3H3;1-2H3/b16-11+,17-10+,24-18+;. The van der Waals surface area contributed by atoms with Gasteiger partial charge in [-0.15, -0.1) is 0 Å². The first-order chi connectivity index (χ1) is 17.1. The third kappa shape index (κ3) is 8.89. The van der Waals surface area contributed by atoms with Crippen LogP contribution in [0.3, 0.4) is 0 Å². The number of benzene rings is 1. The average molecular weight is 480 g/mol. The van der Waals surface area contributed by atoms with E-state index in [0.717, 1.165) is 48.5 Å². The van der Waals surface area contributed by atoms with Crippen molar-refractivity contribution in [3.8, 4) is 11.5 Å². The number of allylic oxidation sites excluding steroid dienone is 5. The van der Waals surface area contributed by atoms with Gasteiger partial charge in [0.2, 0.25) is 5.89 Å². The van der Waals surface area contributed by atoms with Gasteiger partial charge in [0.05, 0.1) is 24.8 Å². The highest BCUT2D eigenvalue weighted by molar-refractivity contribution is 5.73. The highest BCUT2D eigenvalue weighted by atomic mass is 16.5. The Bertz CT molecular complexity index is 971. The summed E-state index contributed by atoms with van der Waals surface area (Å²) < 4.78 is 17.2. The van der Waals surface area contributed by atoms with E-state index in [9.17, 15) is 4.79 Å². The largest absolute Gasteiger partial charge is 0.493 e. The number of nitrogens with zero attached hydrogens (tertiary/aromatic N) is 1. The van der Waals surface area contributed by atoms with Crippen molar-refractivity contribution < 1.29 is 18.7 Å². The molecule has 1 aromatic heterocycles. The molecule has 0 spiro atoms. The zero-order valence-corrected chi connectivity index (χ0v) is 22.0. The molecule has 0 N–H and O–H groups in total. The Hall–Kier alpha value is -3.08. The molecule has 1 aliphatic carbocycles. The molecule has 5 heteroatoms. The summed E-state index contributed by atoms with van der Waals surface area (Å²) in [6.07, 6.45) is 14.5. The molecule has 2 atom stereocenters. The molecule has 35 heavy (non-hydrogen) atoms. The summed E-state index contributed by atoms with van der Waals surface area (Å²) in [5, 5.41) is 0.